The van der Waals surface area contributed by atoms with Crippen molar-refractivity contribution in [1.29, 1.82) is 0 Å². The number of ether oxygens (including phenoxy) is 2. The van der Waals surface area contributed by atoms with E-state index in [1.807, 2.05) is 10.6 Å². The van der Waals surface area contributed by atoms with Gasteiger partial charge in [-0.05, 0) is 0 Å². The van der Waals surface area contributed by atoms with Gasteiger partial charge in [0.2, 0.25) is 0 Å². The Morgan fingerprint density at radius 1 is 1.26 bits per heavy atom. The molecule has 2 N–H and O–H groups in total. The normalized spacial score (nSPS) is 11.1. The van der Waals surface area contributed by atoms with E-state index in [1.54, 1.807) is 26.6 Å². The average Bonchev–Trinajstić information content (AvgIpc) is 2.86. The lowest BCUT2D eigenvalue weighted by molar-refractivity contribution is 0.190. The van der Waals surface area contributed by atoms with E-state index >= 15 is 0 Å². The lowest BCUT2D eigenvalue weighted by Gasteiger charge is -2.23. The first-order valence-electron chi connectivity index (χ1n) is 6.08. The number of nitrogen functional groups attached to an aromatic ring is 1. The van der Waals surface area contributed by atoms with Gasteiger partial charge in [-0.25, -0.2) is 9.97 Å². The van der Waals surface area contributed by atoms with Crippen molar-refractivity contribution >= 4 is 17.3 Å². The maximum Gasteiger partial charge on any atom is 0.180 e. The summed E-state index contributed by atoms with van der Waals surface area (Å²) in [6.45, 7) is 2.62. The predicted octanol–water partition coefficient (Wildman–Crippen LogP) is 0.411. The number of fused-ring (bicyclic) bond motifs is 1. The molecule has 0 atom stereocenters. The summed E-state index contributed by atoms with van der Waals surface area (Å²) in [5, 5.41) is 0. The van der Waals surface area contributed by atoms with Gasteiger partial charge in [0.25, 0.3) is 0 Å². The van der Waals surface area contributed by atoms with Gasteiger partial charge in [0.15, 0.2) is 11.5 Å². The van der Waals surface area contributed by atoms with E-state index in [4.69, 9.17) is 15.2 Å². The zero-order valence-corrected chi connectivity index (χ0v) is 11.2. The second kappa shape index (κ2) is 6.35. The highest BCUT2D eigenvalue weighted by molar-refractivity contribution is 5.66. The summed E-state index contributed by atoms with van der Waals surface area (Å²) in [5.41, 5.74) is 6.61. The number of aromatic nitrogens is 3. The first kappa shape index (κ1) is 13.6. The molecule has 2 aromatic heterocycles. The summed E-state index contributed by atoms with van der Waals surface area (Å²) >= 11 is 0. The topological polar surface area (TPSA) is 77.9 Å². The Kier molecular flexibility index (Phi) is 4.53. The minimum atomic E-state index is 0.459. The van der Waals surface area contributed by atoms with Gasteiger partial charge in [0, 0.05) is 39.7 Å². The Labute approximate surface area is 112 Å². The predicted molar refractivity (Wildman–Crippen MR) is 73.4 cm³/mol. The van der Waals surface area contributed by atoms with Crippen molar-refractivity contribution in [2.75, 3.05) is 51.2 Å². The van der Waals surface area contributed by atoms with Crippen LogP contribution in [0.4, 0.5) is 11.6 Å². The lowest BCUT2D eigenvalue weighted by Crippen LogP contribution is -2.32. The van der Waals surface area contributed by atoms with E-state index in [9.17, 15) is 0 Å². The van der Waals surface area contributed by atoms with E-state index in [0.717, 1.165) is 11.5 Å². The fourth-order valence-electron chi connectivity index (χ4n) is 1.87. The van der Waals surface area contributed by atoms with Crippen LogP contribution < -0.4 is 10.6 Å². The number of nitrogens with two attached hydrogens (primary N) is 1. The maximum absolute atomic E-state index is 5.83. The fraction of sp³-hybridized carbons (Fsp3) is 0.500. The molecule has 0 spiro atoms. The molecule has 0 saturated carbocycles. The molecular formula is C12H19N5O2. The van der Waals surface area contributed by atoms with Crippen LogP contribution in [-0.2, 0) is 9.47 Å². The first-order valence-corrected chi connectivity index (χ1v) is 6.08. The van der Waals surface area contributed by atoms with Gasteiger partial charge in [0.05, 0.1) is 19.4 Å². The Morgan fingerprint density at radius 3 is 2.58 bits per heavy atom. The zero-order chi connectivity index (χ0) is 13.7. The summed E-state index contributed by atoms with van der Waals surface area (Å²) in [4.78, 5) is 10.8. The molecule has 2 rings (SSSR count). The lowest BCUT2D eigenvalue weighted by atomic mass is 10.4. The van der Waals surface area contributed by atoms with Gasteiger partial charge in [0.1, 0.15) is 5.82 Å². The summed E-state index contributed by atoms with van der Waals surface area (Å²) in [5.74, 6) is 1.21. The molecule has 0 aromatic carbocycles. The second-order valence-corrected chi connectivity index (χ2v) is 4.12. The molecular weight excluding hydrogens is 246 g/mol. The van der Waals surface area contributed by atoms with E-state index in [2.05, 4.69) is 14.9 Å². The largest absolute Gasteiger partial charge is 0.383 e. The van der Waals surface area contributed by atoms with Gasteiger partial charge in [-0.2, -0.15) is 0 Å². The minimum Gasteiger partial charge on any atom is -0.383 e. The molecule has 7 nitrogen and oxygen atoms in total. The Bertz CT molecular complexity index is 520. The monoisotopic (exact) mass is 265 g/mol. The van der Waals surface area contributed by atoms with E-state index < -0.39 is 0 Å². The number of rotatable bonds is 7. The number of methoxy groups -OCH3 is 2. The molecule has 0 aliphatic carbocycles. The highest BCUT2D eigenvalue weighted by Crippen LogP contribution is 2.19. The van der Waals surface area contributed by atoms with Crippen molar-refractivity contribution in [3.8, 4) is 0 Å². The highest BCUT2D eigenvalue weighted by atomic mass is 16.5. The van der Waals surface area contributed by atoms with Gasteiger partial charge in [-0.15, -0.1) is 0 Å². The minimum absolute atomic E-state index is 0.459. The van der Waals surface area contributed by atoms with Crippen molar-refractivity contribution in [3.63, 3.8) is 0 Å². The van der Waals surface area contributed by atoms with Gasteiger partial charge < -0.3 is 24.5 Å². The highest BCUT2D eigenvalue weighted by Gasteiger charge is 2.14. The molecule has 19 heavy (non-hydrogen) atoms. The molecule has 2 heterocycles. The summed E-state index contributed by atoms with van der Waals surface area (Å²) in [6, 6.07) is 0. The van der Waals surface area contributed by atoms with Crippen LogP contribution in [0.5, 0.6) is 0 Å². The third kappa shape index (κ3) is 3.12. The fourth-order valence-corrected chi connectivity index (χ4v) is 1.87. The molecule has 0 amide bonds. The van der Waals surface area contributed by atoms with Crippen LogP contribution >= 0.6 is 0 Å². The van der Waals surface area contributed by atoms with Crippen LogP contribution in [0.1, 0.15) is 0 Å². The standard InChI is InChI=1S/C12H19N5O2/c1-18-7-5-16(6-8-19-2)12-11-14-3-4-17(11)9-10(13)15-12/h3-4,9H,5-8,13H2,1-2H3. The summed E-state index contributed by atoms with van der Waals surface area (Å²) in [6.07, 6.45) is 5.32. The van der Waals surface area contributed by atoms with Gasteiger partial charge >= 0.3 is 0 Å². The Morgan fingerprint density at radius 2 is 1.95 bits per heavy atom. The number of hydrogen-bond donors (Lipinski definition) is 1. The molecule has 104 valence electrons. The van der Waals surface area contributed by atoms with E-state index in [0.29, 0.717) is 32.1 Å². The van der Waals surface area contributed by atoms with Crippen molar-refractivity contribution in [2.24, 2.45) is 0 Å². The van der Waals surface area contributed by atoms with Gasteiger partial charge in [-0.1, -0.05) is 0 Å². The van der Waals surface area contributed by atoms with E-state index in [1.165, 1.54) is 0 Å². The van der Waals surface area contributed by atoms with Crippen LogP contribution in [0.2, 0.25) is 0 Å². The molecule has 0 radical (unpaired) electrons. The molecule has 0 aliphatic rings. The number of nitrogens with zero attached hydrogens (tertiary/aromatic N) is 4. The number of hydrogen-bond acceptors (Lipinski definition) is 6. The Hall–Kier alpha value is -1.86. The van der Waals surface area contributed by atoms with Gasteiger partial charge in [-0.3, -0.25) is 0 Å². The Balaban J connectivity index is 2.33. The van der Waals surface area contributed by atoms with E-state index in [-0.39, 0.29) is 0 Å². The summed E-state index contributed by atoms with van der Waals surface area (Å²) in [7, 11) is 3.35. The molecule has 0 aliphatic heterocycles. The van der Waals surface area contributed by atoms with Crippen LogP contribution in [0.15, 0.2) is 18.6 Å². The van der Waals surface area contributed by atoms with Crippen LogP contribution in [-0.4, -0.2) is 54.9 Å². The number of imidazole rings is 1. The van der Waals surface area contributed by atoms with Crippen molar-refractivity contribution in [3.05, 3.63) is 18.6 Å². The molecule has 0 saturated heterocycles. The third-order valence-electron chi connectivity index (χ3n) is 2.81. The van der Waals surface area contributed by atoms with Crippen molar-refractivity contribution in [1.82, 2.24) is 14.4 Å². The molecule has 2 aromatic rings. The molecule has 0 unspecified atom stereocenters. The van der Waals surface area contributed by atoms with Crippen LogP contribution in [0.3, 0.4) is 0 Å². The third-order valence-corrected chi connectivity index (χ3v) is 2.81. The van der Waals surface area contributed by atoms with Crippen molar-refractivity contribution in [2.45, 2.75) is 0 Å². The van der Waals surface area contributed by atoms with Crippen molar-refractivity contribution < 1.29 is 9.47 Å². The van der Waals surface area contributed by atoms with Crippen LogP contribution in [0.25, 0.3) is 5.65 Å². The second-order valence-electron chi connectivity index (χ2n) is 4.12. The first-order chi connectivity index (χ1) is 9.26. The zero-order valence-electron chi connectivity index (χ0n) is 11.2. The van der Waals surface area contributed by atoms with Crippen LogP contribution in [0, 0.1) is 0 Å². The smallest absolute Gasteiger partial charge is 0.180 e. The quantitative estimate of drug-likeness (QED) is 0.781. The molecule has 7 heteroatoms. The average molecular weight is 265 g/mol. The molecule has 0 bridgehead atoms. The molecule has 0 fully saturated rings. The summed E-state index contributed by atoms with van der Waals surface area (Å²) < 4.78 is 12.1. The maximum atomic E-state index is 5.83. The number of anilines is 2. The SMILES string of the molecule is COCCN(CCOC)c1nc(N)cn2ccnc12.